The molecule has 1 aliphatic heterocycles. The lowest BCUT2D eigenvalue weighted by Gasteiger charge is -2.38. The van der Waals surface area contributed by atoms with Crippen molar-refractivity contribution in [1.29, 1.82) is 0 Å². The number of aryl methyl sites for hydroxylation is 2. The molecule has 0 saturated carbocycles. The summed E-state index contributed by atoms with van der Waals surface area (Å²) in [5, 5.41) is 19.6. The number of fused-ring (bicyclic) bond motifs is 1. The minimum Gasteiger partial charge on any atom is -0.389 e. The number of rotatable bonds is 5. The van der Waals surface area contributed by atoms with Crippen molar-refractivity contribution in [3.05, 3.63) is 64.2 Å². The highest BCUT2D eigenvalue weighted by Gasteiger charge is 2.34. The Morgan fingerprint density at radius 2 is 1.94 bits per heavy atom. The summed E-state index contributed by atoms with van der Waals surface area (Å²) in [6.45, 7) is 1.77. The molecule has 1 aromatic carbocycles. The molecule has 1 fully saturated rings. The third-order valence-corrected chi connectivity index (χ3v) is 6.59. The van der Waals surface area contributed by atoms with Gasteiger partial charge in [-0.05, 0) is 25.0 Å². The quantitative estimate of drug-likeness (QED) is 0.479. The molecule has 0 bridgehead atoms. The van der Waals surface area contributed by atoms with Crippen molar-refractivity contribution in [2.24, 2.45) is 14.1 Å². The molecular formula is C23H26FN7O2. The van der Waals surface area contributed by atoms with E-state index in [1.807, 2.05) is 25.2 Å². The molecule has 0 amide bonds. The number of nitrogens with one attached hydrogen (secondary N) is 1. The number of likely N-dealkylation sites (tertiary alicyclic amines) is 1. The number of aromatic amines is 1. The minimum absolute atomic E-state index is 0.243. The Morgan fingerprint density at radius 1 is 1.15 bits per heavy atom. The van der Waals surface area contributed by atoms with Crippen LogP contribution in [0.4, 0.5) is 4.39 Å². The maximum absolute atomic E-state index is 14.8. The zero-order chi connectivity index (χ0) is 23.2. The lowest BCUT2D eigenvalue weighted by Crippen LogP contribution is -2.45. The molecule has 172 valence electrons. The van der Waals surface area contributed by atoms with Gasteiger partial charge in [0.15, 0.2) is 5.52 Å². The number of nitrogens with zero attached hydrogens (tertiary/aromatic N) is 6. The van der Waals surface area contributed by atoms with Gasteiger partial charge in [0.1, 0.15) is 11.3 Å². The summed E-state index contributed by atoms with van der Waals surface area (Å²) in [7, 11) is 3.59. The molecule has 10 heteroatoms. The van der Waals surface area contributed by atoms with Crippen molar-refractivity contribution < 1.29 is 9.50 Å². The first kappa shape index (κ1) is 21.5. The van der Waals surface area contributed by atoms with Gasteiger partial charge in [0.2, 0.25) is 0 Å². The molecule has 0 radical (unpaired) electrons. The first-order valence-electron chi connectivity index (χ1n) is 10.9. The average Bonchev–Trinajstić information content (AvgIpc) is 3.35. The van der Waals surface area contributed by atoms with Gasteiger partial charge in [0, 0.05) is 57.5 Å². The standard InChI is InChI=1S/C23H26FN7O2/c1-29-18(5-8-27-29)15-3-4-16(17(24)11-15)13-31-9-6-23(33,7-10-31)12-19-20-21(28-30(19)2)22(32)26-14-25-20/h3-5,8,11,14,33H,6-7,9-10,12-13H2,1-2H3,(H,25,26,32). The second-order valence-electron chi connectivity index (χ2n) is 8.82. The monoisotopic (exact) mass is 451 g/mol. The molecule has 0 aliphatic carbocycles. The molecule has 0 unspecified atom stereocenters. The van der Waals surface area contributed by atoms with Crippen LogP contribution in [0.2, 0.25) is 0 Å². The highest BCUT2D eigenvalue weighted by molar-refractivity contribution is 5.75. The van der Waals surface area contributed by atoms with E-state index in [0.29, 0.717) is 50.0 Å². The number of piperidine rings is 1. The highest BCUT2D eigenvalue weighted by Crippen LogP contribution is 2.29. The summed E-state index contributed by atoms with van der Waals surface area (Å²) in [4.78, 5) is 20.9. The van der Waals surface area contributed by atoms with Gasteiger partial charge >= 0.3 is 0 Å². The van der Waals surface area contributed by atoms with Crippen LogP contribution in [0, 0.1) is 5.82 Å². The number of hydrogen-bond donors (Lipinski definition) is 2. The summed E-state index contributed by atoms with van der Waals surface area (Å²) in [5.41, 5.74) is 2.61. The molecule has 5 rings (SSSR count). The SMILES string of the molecule is Cn1nccc1-c1ccc(CN2CCC(O)(Cc3c4nc[nH]c(=O)c4nn3C)CC2)c(F)c1. The van der Waals surface area contributed by atoms with Crippen LogP contribution < -0.4 is 5.56 Å². The Bertz CT molecular complexity index is 1360. The Balaban J connectivity index is 1.26. The van der Waals surface area contributed by atoms with Crippen molar-refractivity contribution >= 4 is 11.0 Å². The molecule has 4 aromatic rings. The predicted molar refractivity (Wildman–Crippen MR) is 121 cm³/mol. The molecule has 0 spiro atoms. The van der Waals surface area contributed by atoms with Gasteiger partial charge in [-0.25, -0.2) is 9.37 Å². The molecule has 2 N–H and O–H groups in total. The first-order chi connectivity index (χ1) is 15.8. The topological polar surface area (TPSA) is 105 Å². The number of benzene rings is 1. The van der Waals surface area contributed by atoms with Crippen LogP contribution in [-0.4, -0.2) is 58.2 Å². The molecule has 3 aromatic heterocycles. The zero-order valence-corrected chi connectivity index (χ0v) is 18.6. The molecule has 1 aliphatic rings. The molecule has 1 saturated heterocycles. The Labute approximate surface area is 189 Å². The lowest BCUT2D eigenvalue weighted by atomic mass is 9.86. The van der Waals surface area contributed by atoms with E-state index in [9.17, 15) is 14.3 Å². The van der Waals surface area contributed by atoms with Gasteiger partial charge in [-0.1, -0.05) is 12.1 Å². The summed E-state index contributed by atoms with van der Waals surface area (Å²) in [6.07, 6.45) is 4.49. The summed E-state index contributed by atoms with van der Waals surface area (Å²) in [5.74, 6) is -0.243. The third kappa shape index (κ3) is 4.07. The van der Waals surface area contributed by atoms with E-state index in [0.717, 1.165) is 17.0 Å². The van der Waals surface area contributed by atoms with E-state index < -0.39 is 5.60 Å². The second kappa shape index (κ2) is 8.20. The smallest absolute Gasteiger partial charge is 0.279 e. The minimum atomic E-state index is -0.927. The van der Waals surface area contributed by atoms with Gasteiger partial charge in [0.05, 0.1) is 23.3 Å². The molecule has 9 nitrogen and oxygen atoms in total. The van der Waals surface area contributed by atoms with Crippen molar-refractivity contribution in [2.45, 2.75) is 31.4 Å². The van der Waals surface area contributed by atoms with E-state index in [1.165, 1.54) is 6.33 Å². The van der Waals surface area contributed by atoms with Crippen molar-refractivity contribution in [2.75, 3.05) is 13.1 Å². The van der Waals surface area contributed by atoms with Crippen molar-refractivity contribution in [3.8, 4) is 11.3 Å². The Kier molecular flexibility index (Phi) is 5.34. The number of halogens is 1. The molecule has 0 atom stereocenters. The van der Waals surface area contributed by atoms with Gasteiger partial charge in [-0.15, -0.1) is 0 Å². The zero-order valence-electron chi connectivity index (χ0n) is 18.6. The van der Waals surface area contributed by atoms with E-state index in [2.05, 4.69) is 25.1 Å². The number of hydrogen-bond acceptors (Lipinski definition) is 6. The molecule has 33 heavy (non-hydrogen) atoms. The fourth-order valence-electron chi connectivity index (χ4n) is 4.61. The van der Waals surface area contributed by atoms with Crippen LogP contribution in [0.15, 0.2) is 41.6 Å². The van der Waals surface area contributed by atoms with Crippen LogP contribution in [0.1, 0.15) is 24.1 Å². The fraction of sp³-hybridized carbons (Fsp3) is 0.391. The van der Waals surface area contributed by atoms with Crippen LogP contribution in [0.3, 0.4) is 0 Å². The fourth-order valence-corrected chi connectivity index (χ4v) is 4.61. The Morgan fingerprint density at radius 3 is 2.64 bits per heavy atom. The summed E-state index contributed by atoms with van der Waals surface area (Å²) < 4.78 is 18.1. The number of aliphatic hydroxyl groups is 1. The highest BCUT2D eigenvalue weighted by atomic mass is 19.1. The lowest BCUT2D eigenvalue weighted by molar-refractivity contribution is -0.0236. The largest absolute Gasteiger partial charge is 0.389 e. The van der Waals surface area contributed by atoms with Crippen molar-refractivity contribution in [1.82, 2.24) is 34.4 Å². The Hall–Kier alpha value is -3.37. The maximum Gasteiger partial charge on any atom is 0.279 e. The van der Waals surface area contributed by atoms with E-state index in [-0.39, 0.29) is 16.9 Å². The molecular weight excluding hydrogens is 425 g/mol. The first-order valence-corrected chi connectivity index (χ1v) is 10.9. The van der Waals surface area contributed by atoms with Crippen LogP contribution in [0.25, 0.3) is 22.3 Å². The summed E-state index contributed by atoms with van der Waals surface area (Å²) in [6, 6.07) is 7.15. The van der Waals surface area contributed by atoms with E-state index >= 15 is 0 Å². The number of H-pyrrole nitrogens is 1. The second-order valence-corrected chi connectivity index (χ2v) is 8.82. The predicted octanol–water partition coefficient (Wildman–Crippen LogP) is 1.77. The van der Waals surface area contributed by atoms with Gasteiger partial charge in [-0.3, -0.25) is 19.1 Å². The average molecular weight is 452 g/mol. The number of aromatic nitrogens is 6. The van der Waals surface area contributed by atoms with E-state index in [4.69, 9.17) is 0 Å². The van der Waals surface area contributed by atoms with E-state index in [1.54, 1.807) is 28.7 Å². The maximum atomic E-state index is 14.8. The third-order valence-electron chi connectivity index (χ3n) is 6.59. The summed E-state index contributed by atoms with van der Waals surface area (Å²) >= 11 is 0. The van der Waals surface area contributed by atoms with Crippen LogP contribution in [-0.2, 0) is 27.1 Å². The normalized spacial score (nSPS) is 16.5. The van der Waals surface area contributed by atoms with Crippen LogP contribution in [0.5, 0.6) is 0 Å². The van der Waals surface area contributed by atoms with Crippen LogP contribution >= 0.6 is 0 Å². The van der Waals surface area contributed by atoms with Gasteiger partial charge in [-0.2, -0.15) is 10.2 Å². The van der Waals surface area contributed by atoms with Gasteiger partial charge in [0.25, 0.3) is 5.56 Å². The van der Waals surface area contributed by atoms with Crippen molar-refractivity contribution in [3.63, 3.8) is 0 Å². The molecule has 4 heterocycles. The van der Waals surface area contributed by atoms with Gasteiger partial charge < -0.3 is 10.1 Å².